The fourth-order valence-corrected chi connectivity index (χ4v) is 3.53. The van der Waals surface area contributed by atoms with Gasteiger partial charge < -0.3 is 20.7 Å². The Balaban J connectivity index is 0.00000261. The largest absolute Gasteiger partial charge is 0.381 e. The highest BCUT2D eigenvalue weighted by Crippen LogP contribution is 2.28. The number of nitrogens with one attached hydrogen (secondary N) is 3. The number of nitrogens with zero attached hydrogens (tertiary/aromatic N) is 1. The van der Waals surface area contributed by atoms with Crippen LogP contribution in [0.5, 0.6) is 0 Å². The van der Waals surface area contributed by atoms with Gasteiger partial charge in [0.15, 0.2) is 5.96 Å². The van der Waals surface area contributed by atoms with E-state index in [0.717, 1.165) is 57.6 Å². The molecule has 0 bridgehead atoms. The minimum absolute atomic E-state index is 0. The molecule has 3 N–H and O–H groups in total. The fourth-order valence-electron chi connectivity index (χ4n) is 3.53. The molecule has 2 aliphatic rings. The first-order valence-electron chi connectivity index (χ1n) is 10.1. The van der Waals surface area contributed by atoms with Gasteiger partial charge in [0, 0.05) is 37.9 Å². The minimum Gasteiger partial charge on any atom is -0.381 e. The highest BCUT2D eigenvalue weighted by Gasteiger charge is 2.34. The van der Waals surface area contributed by atoms with Crippen molar-refractivity contribution < 1.29 is 4.74 Å². The first-order chi connectivity index (χ1) is 12.7. The molecule has 1 saturated carbocycles. The third kappa shape index (κ3) is 7.23. The van der Waals surface area contributed by atoms with Crippen molar-refractivity contribution in [1.29, 1.82) is 0 Å². The summed E-state index contributed by atoms with van der Waals surface area (Å²) in [6.07, 6.45) is 4.69. The van der Waals surface area contributed by atoms with Crippen molar-refractivity contribution in [3.8, 4) is 0 Å². The van der Waals surface area contributed by atoms with Crippen LogP contribution in [0.25, 0.3) is 0 Å². The lowest BCUT2D eigenvalue weighted by molar-refractivity contribution is 0.0374. The molecule has 0 spiro atoms. The van der Waals surface area contributed by atoms with Gasteiger partial charge >= 0.3 is 0 Å². The van der Waals surface area contributed by atoms with Crippen LogP contribution >= 0.6 is 24.0 Å². The van der Waals surface area contributed by atoms with Gasteiger partial charge in [-0.1, -0.05) is 30.3 Å². The maximum atomic E-state index is 5.63. The molecule has 1 heterocycles. The van der Waals surface area contributed by atoms with E-state index in [1.54, 1.807) is 0 Å². The van der Waals surface area contributed by atoms with Gasteiger partial charge in [-0.3, -0.25) is 4.99 Å². The lowest BCUT2D eigenvalue weighted by Crippen LogP contribution is -2.53. The van der Waals surface area contributed by atoms with E-state index < -0.39 is 0 Å². The second-order valence-corrected chi connectivity index (χ2v) is 7.69. The van der Waals surface area contributed by atoms with Crippen LogP contribution in [-0.4, -0.2) is 44.3 Å². The van der Waals surface area contributed by atoms with E-state index in [9.17, 15) is 0 Å². The molecule has 1 saturated heterocycles. The predicted octanol–water partition coefficient (Wildman–Crippen LogP) is 3.47. The number of aliphatic imine (C=N–C) groups is 1. The van der Waals surface area contributed by atoms with E-state index in [2.05, 4.69) is 60.1 Å². The molecule has 6 heteroatoms. The second kappa shape index (κ2) is 11.2. The summed E-state index contributed by atoms with van der Waals surface area (Å²) in [7, 11) is 0. The normalized spacial score (nSPS) is 20.4. The van der Waals surface area contributed by atoms with Crippen molar-refractivity contribution >= 4 is 29.9 Å². The molecule has 1 aromatic carbocycles. The Morgan fingerprint density at radius 1 is 1.19 bits per heavy atom. The van der Waals surface area contributed by atoms with Crippen molar-refractivity contribution in [3.63, 3.8) is 0 Å². The van der Waals surface area contributed by atoms with Gasteiger partial charge in [0.25, 0.3) is 0 Å². The molecular formula is C21H35IN4O. The van der Waals surface area contributed by atoms with E-state index in [0.29, 0.717) is 6.04 Å². The molecule has 0 amide bonds. The number of hydrogen-bond donors (Lipinski definition) is 3. The van der Waals surface area contributed by atoms with Crippen LogP contribution in [0.1, 0.15) is 51.1 Å². The standard InChI is InChI=1S/C21H34N4O.HI/c1-3-22-20(23-15-18-9-10-18)24-16-21(11-13-26-14-12-21)25-17(2)19-7-5-4-6-8-19;/h4-8,17-18,25H,3,9-16H2,1-2H3,(H2,22,23,24);1H. The van der Waals surface area contributed by atoms with E-state index in [1.807, 2.05) is 0 Å². The van der Waals surface area contributed by atoms with Gasteiger partial charge in [-0.05, 0) is 51.0 Å². The predicted molar refractivity (Wildman–Crippen MR) is 123 cm³/mol. The Labute approximate surface area is 181 Å². The molecule has 1 atom stereocenters. The molecule has 27 heavy (non-hydrogen) atoms. The molecule has 0 aromatic heterocycles. The maximum absolute atomic E-state index is 5.63. The lowest BCUT2D eigenvalue weighted by Gasteiger charge is -2.39. The SMILES string of the molecule is CCNC(=NCC1(NC(C)c2ccccc2)CCOCC1)NCC1CC1.I. The van der Waals surface area contributed by atoms with Crippen molar-refractivity contribution in [2.24, 2.45) is 10.9 Å². The number of halogens is 1. The third-order valence-electron chi connectivity index (χ3n) is 5.41. The van der Waals surface area contributed by atoms with Gasteiger partial charge in [-0.2, -0.15) is 0 Å². The van der Waals surface area contributed by atoms with Crippen LogP contribution in [0, 0.1) is 5.92 Å². The number of hydrogen-bond acceptors (Lipinski definition) is 3. The summed E-state index contributed by atoms with van der Waals surface area (Å²) in [5, 5.41) is 10.8. The average molecular weight is 486 g/mol. The summed E-state index contributed by atoms with van der Waals surface area (Å²) in [6.45, 7) is 8.66. The van der Waals surface area contributed by atoms with E-state index in [1.165, 1.54) is 18.4 Å². The molecular weight excluding hydrogens is 451 g/mol. The zero-order valence-corrected chi connectivity index (χ0v) is 19.0. The smallest absolute Gasteiger partial charge is 0.191 e. The zero-order valence-electron chi connectivity index (χ0n) is 16.7. The summed E-state index contributed by atoms with van der Waals surface area (Å²) in [5.41, 5.74) is 1.32. The van der Waals surface area contributed by atoms with E-state index in [-0.39, 0.29) is 29.5 Å². The average Bonchev–Trinajstić information content (AvgIpc) is 3.50. The van der Waals surface area contributed by atoms with Crippen LogP contribution in [-0.2, 0) is 4.74 Å². The highest BCUT2D eigenvalue weighted by molar-refractivity contribution is 14.0. The van der Waals surface area contributed by atoms with Crippen LogP contribution in [0.3, 0.4) is 0 Å². The van der Waals surface area contributed by atoms with Gasteiger partial charge in [0.05, 0.1) is 6.54 Å². The van der Waals surface area contributed by atoms with Crippen molar-refractivity contribution in [1.82, 2.24) is 16.0 Å². The van der Waals surface area contributed by atoms with Gasteiger partial charge in [-0.15, -0.1) is 24.0 Å². The van der Waals surface area contributed by atoms with Crippen molar-refractivity contribution in [2.45, 2.75) is 51.1 Å². The van der Waals surface area contributed by atoms with E-state index in [4.69, 9.17) is 9.73 Å². The quantitative estimate of drug-likeness (QED) is 0.299. The molecule has 0 radical (unpaired) electrons. The van der Waals surface area contributed by atoms with Crippen molar-refractivity contribution in [3.05, 3.63) is 35.9 Å². The first-order valence-corrected chi connectivity index (χ1v) is 10.1. The Kier molecular flexibility index (Phi) is 9.32. The highest BCUT2D eigenvalue weighted by atomic mass is 127. The number of benzene rings is 1. The van der Waals surface area contributed by atoms with Crippen LogP contribution in [0.4, 0.5) is 0 Å². The zero-order chi connectivity index (χ0) is 18.2. The topological polar surface area (TPSA) is 57.7 Å². The number of ether oxygens (including phenoxy) is 1. The summed E-state index contributed by atoms with van der Waals surface area (Å²) in [5.74, 6) is 1.78. The van der Waals surface area contributed by atoms with Gasteiger partial charge in [0.1, 0.15) is 0 Å². The molecule has 2 fully saturated rings. The Morgan fingerprint density at radius 2 is 1.89 bits per heavy atom. The maximum Gasteiger partial charge on any atom is 0.191 e. The van der Waals surface area contributed by atoms with E-state index >= 15 is 0 Å². The molecule has 1 unspecified atom stereocenters. The first kappa shape index (κ1) is 22.4. The second-order valence-electron chi connectivity index (χ2n) is 7.69. The molecule has 1 aromatic rings. The van der Waals surface area contributed by atoms with Crippen LogP contribution in [0.15, 0.2) is 35.3 Å². The Bertz CT molecular complexity index is 571. The molecule has 152 valence electrons. The minimum atomic E-state index is -0.00452. The molecule has 1 aliphatic heterocycles. The fraction of sp³-hybridized carbons (Fsp3) is 0.667. The Morgan fingerprint density at radius 3 is 2.52 bits per heavy atom. The molecule has 3 rings (SSSR count). The molecule has 5 nitrogen and oxygen atoms in total. The Hall–Kier alpha value is -0.860. The third-order valence-corrected chi connectivity index (χ3v) is 5.41. The number of rotatable bonds is 8. The van der Waals surface area contributed by atoms with Crippen LogP contribution in [0.2, 0.25) is 0 Å². The summed E-state index contributed by atoms with van der Waals surface area (Å²) in [4.78, 5) is 4.93. The van der Waals surface area contributed by atoms with Crippen molar-refractivity contribution in [2.75, 3.05) is 32.8 Å². The lowest BCUT2D eigenvalue weighted by atomic mass is 9.88. The summed E-state index contributed by atoms with van der Waals surface area (Å²) in [6, 6.07) is 11.0. The summed E-state index contributed by atoms with van der Waals surface area (Å²) < 4.78 is 5.63. The van der Waals surface area contributed by atoms with Gasteiger partial charge in [-0.25, -0.2) is 0 Å². The van der Waals surface area contributed by atoms with Gasteiger partial charge in [0.2, 0.25) is 0 Å². The number of guanidine groups is 1. The van der Waals surface area contributed by atoms with Crippen LogP contribution < -0.4 is 16.0 Å². The molecule has 1 aliphatic carbocycles. The monoisotopic (exact) mass is 486 g/mol. The summed E-state index contributed by atoms with van der Waals surface area (Å²) >= 11 is 0.